The number of pyridine rings is 1. The molecule has 2 aliphatic rings. The van der Waals surface area contributed by atoms with E-state index in [9.17, 15) is 27.2 Å². The quantitative estimate of drug-likeness (QED) is 0.280. The van der Waals surface area contributed by atoms with E-state index in [-0.39, 0.29) is 47.7 Å². The van der Waals surface area contributed by atoms with Gasteiger partial charge in [0.25, 0.3) is 5.91 Å². The van der Waals surface area contributed by atoms with Crippen molar-refractivity contribution in [2.24, 2.45) is 11.7 Å². The summed E-state index contributed by atoms with van der Waals surface area (Å²) >= 11 is 0. The van der Waals surface area contributed by atoms with Gasteiger partial charge in [-0.1, -0.05) is 0 Å². The lowest BCUT2D eigenvalue weighted by molar-refractivity contribution is -0.138. The van der Waals surface area contributed by atoms with Crippen molar-refractivity contribution in [1.29, 1.82) is 5.41 Å². The minimum atomic E-state index is -4.55. The van der Waals surface area contributed by atoms with Crippen molar-refractivity contribution in [2.75, 3.05) is 13.7 Å². The first-order valence-electron chi connectivity index (χ1n) is 11.7. The van der Waals surface area contributed by atoms with Crippen molar-refractivity contribution in [2.45, 2.75) is 43.9 Å². The van der Waals surface area contributed by atoms with Crippen molar-refractivity contribution < 1.29 is 31.9 Å². The van der Waals surface area contributed by atoms with Crippen molar-refractivity contribution in [3.63, 3.8) is 0 Å². The summed E-state index contributed by atoms with van der Waals surface area (Å²) in [6.45, 7) is 0.115. The summed E-state index contributed by atoms with van der Waals surface area (Å²) in [6.07, 6.45) is 0.841. The van der Waals surface area contributed by atoms with Crippen LogP contribution in [0, 0.1) is 17.1 Å². The molecule has 1 atom stereocenters. The number of rotatable bonds is 7. The smallest absolute Gasteiger partial charge is 0.419 e. The summed E-state index contributed by atoms with van der Waals surface area (Å²) in [7, 11) is 1.35. The van der Waals surface area contributed by atoms with Gasteiger partial charge in [0, 0.05) is 42.0 Å². The lowest BCUT2D eigenvalue weighted by Crippen LogP contribution is -2.51. The molecule has 4 N–H and O–H groups in total. The molecule has 2 aromatic heterocycles. The maximum absolute atomic E-state index is 14.1. The summed E-state index contributed by atoms with van der Waals surface area (Å²) in [5.74, 6) is -1.85. The summed E-state index contributed by atoms with van der Waals surface area (Å²) in [4.78, 5) is 38.5. The van der Waals surface area contributed by atoms with Crippen LogP contribution in [0.2, 0.25) is 0 Å². The van der Waals surface area contributed by atoms with Crippen LogP contribution >= 0.6 is 0 Å². The first-order chi connectivity index (χ1) is 17.9. The van der Waals surface area contributed by atoms with Gasteiger partial charge in [-0.25, -0.2) is 19.3 Å². The van der Waals surface area contributed by atoms with Gasteiger partial charge < -0.3 is 26.1 Å². The zero-order valence-electron chi connectivity index (χ0n) is 20.3. The molecule has 1 aliphatic carbocycles. The lowest BCUT2D eigenvalue weighted by atomic mass is 9.88. The number of hydrogen-bond donors (Lipinski definition) is 3. The Morgan fingerprint density at radius 2 is 1.95 bits per heavy atom. The number of ether oxygens (including phenoxy) is 1. The highest BCUT2D eigenvalue weighted by Crippen LogP contribution is 2.50. The number of piperidine rings is 1. The number of carbonyl (C=O) groups is 2. The molecule has 1 aliphatic heterocycles. The fraction of sp³-hybridized carbons (Fsp3) is 0.417. The van der Waals surface area contributed by atoms with E-state index in [1.54, 1.807) is 4.90 Å². The average molecular weight is 536 g/mol. The van der Waals surface area contributed by atoms with E-state index in [4.69, 9.17) is 15.9 Å². The fourth-order valence-corrected chi connectivity index (χ4v) is 4.44. The number of carbonyl (C=O) groups excluding carboxylic acids is 2. The van der Waals surface area contributed by atoms with E-state index < -0.39 is 34.9 Å². The number of nitrogens with zero attached hydrogens (tertiary/aromatic N) is 4. The minimum absolute atomic E-state index is 0.0451. The molecule has 0 radical (unpaired) electrons. The van der Waals surface area contributed by atoms with Crippen LogP contribution in [0.1, 0.15) is 42.6 Å². The second kappa shape index (κ2) is 10.3. The van der Waals surface area contributed by atoms with E-state index >= 15 is 0 Å². The van der Waals surface area contributed by atoms with Crippen LogP contribution in [-0.4, -0.2) is 56.6 Å². The van der Waals surface area contributed by atoms with Crippen LogP contribution in [-0.2, 0) is 22.3 Å². The number of hydrogen-bond acceptors (Lipinski definition) is 8. The summed E-state index contributed by atoms with van der Waals surface area (Å²) in [5.41, 5.74) is 3.79. The molecule has 3 heterocycles. The van der Waals surface area contributed by atoms with Crippen LogP contribution in [0.3, 0.4) is 0 Å². The molecular formula is C24H25F4N7O3. The lowest BCUT2D eigenvalue weighted by Gasteiger charge is -2.39. The van der Waals surface area contributed by atoms with Crippen molar-refractivity contribution in [1.82, 2.24) is 25.2 Å². The number of nitrogens with one attached hydrogen (secondary N) is 2. The first-order valence-corrected chi connectivity index (χ1v) is 11.7. The molecule has 0 bridgehead atoms. The Morgan fingerprint density at radius 1 is 1.26 bits per heavy atom. The van der Waals surface area contributed by atoms with Gasteiger partial charge in [0.05, 0.1) is 36.8 Å². The highest BCUT2D eigenvalue weighted by atomic mass is 19.4. The minimum Gasteiger partial charge on any atom is -0.481 e. The number of allylic oxidation sites excluding steroid dienone is 1. The second-order valence-electron chi connectivity index (χ2n) is 9.19. The van der Waals surface area contributed by atoms with Gasteiger partial charge in [-0.3, -0.25) is 9.59 Å². The third-order valence-corrected chi connectivity index (χ3v) is 6.67. The number of alkyl halides is 3. The van der Waals surface area contributed by atoms with Crippen molar-refractivity contribution in [3.8, 4) is 5.88 Å². The summed E-state index contributed by atoms with van der Waals surface area (Å²) in [5, 5.41) is 10.8. The van der Waals surface area contributed by atoms with Gasteiger partial charge in [0.2, 0.25) is 11.8 Å². The third-order valence-electron chi connectivity index (χ3n) is 6.67. The molecule has 1 saturated heterocycles. The largest absolute Gasteiger partial charge is 0.481 e. The summed E-state index contributed by atoms with van der Waals surface area (Å²) < 4.78 is 57.1. The molecule has 0 aromatic carbocycles. The Hall–Kier alpha value is -4.10. The topological polar surface area (TPSA) is 147 Å². The zero-order chi connectivity index (χ0) is 27.7. The molecule has 4 rings (SSSR count). The average Bonchev–Trinajstić information content (AvgIpc) is 3.65. The van der Waals surface area contributed by atoms with Gasteiger partial charge in [-0.15, -0.1) is 0 Å². The van der Waals surface area contributed by atoms with E-state index in [1.165, 1.54) is 13.2 Å². The predicted octanol–water partition coefficient (Wildman–Crippen LogP) is 2.34. The molecule has 14 heteroatoms. The molecule has 2 amide bonds. The summed E-state index contributed by atoms with van der Waals surface area (Å²) in [6, 6.07) is 1.23. The van der Waals surface area contributed by atoms with Crippen LogP contribution in [0.25, 0.3) is 0 Å². The fourth-order valence-electron chi connectivity index (χ4n) is 4.44. The molecule has 1 saturated carbocycles. The second-order valence-corrected chi connectivity index (χ2v) is 9.19. The van der Waals surface area contributed by atoms with E-state index in [2.05, 4.69) is 20.3 Å². The van der Waals surface area contributed by atoms with Crippen LogP contribution < -0.4 is 15.8 Å². The molecule has 38 heavy (non-hydrogen) atoms. The molecular weight excluding hydrogens is 510 g/mol. The Bertz CT molecular complexity index is 1280. The van der Waals surface area contributed by atoms with Crippen molar-refractivity contribution in [3.05, 3.63) is 59.2 Å². The number of amides is 2. The monoisotopic (exact) mass is 535 g/mol. The molecule has 2 aromatic rings. The van der Waals surface area contributed by atoms with Gasteiger partial charge in [0.15, 0.2) is 5.82 Å². The zero-order valence-corrected chi connectivity index (χ0v) is 20.3. The highest BCUT2D eigenvalue weighted by molar-refractivity contribution is 6.11. The number of aromatic nitrogens is 3. The number of methoxy groups -OCH3 is 1. The Morgan fingerprint density at radius 3 is 2.55 bits per heavy atom. The Labute approximate surface area is 214 Å². The standard InChI is InChI=1S/C24H25F4N7O3/c1-38-20-6-15(16(25)11-33-20)17(29)7-18(30)22(37)35-5-2-13(8-23(35)3-4-23)21(36)34-12-19-31-9-14(10-32-19)24(26,27)28/h6-7,9-11,13,29H,2-5,8,12,30H2,1H3,(H,34,36)/t13-/m0/s1. The molecule has 2 fully saturated rings. The molecule has 10 nitrogen and oxygen atoms in total. The third kappa shape index (κ3) is 5.73. The van der Waals surface area contributed by atoms with E-state index in [0.29, 0.717) is 38.1 Å². The van der Waals surface area contributed by atoms with Crippen LogP contribution in [0.4, 0.5) is 17.6 Å². The number of halogens is 4. The number of nitrogens with two attached hydrogens (primary N) is 1. The predicted molar refractivity (Wildman–Crippen MR) is 125 cm³/mol. The normalized spacial score (nSPS) is 18.7. The maximum atomic E-state index is 14.1. The van der Waals surface area contributed by atoms with E-state index in [0.717, 1.165) is 12.3 Å². The first kappa shape index (κ1) is 26.9. The molecule has 202 valence electrons. The van der Waals surface area contributed by atoms with Gasteiger partial charge in [-0.05, 0) is 31.8 Å². The SMILES string of the molecule is COc1cc(C(=N)C=C(N)C(=O)N2CC[C@H](C(=O)NCc3ncc(C(F)(F)F)cn3)CC23CC3)c(F)cn1. The molecule has 1 spiro atoms. The maximum Gasteiger partial charge on any atom is 0.419 e. The Balaban J connectivity index is 1.36. The van der Waals surface area contributed by atoms with Crippen LogP contribution in [0.15, 0.2) is 36.4 Å². The highest BCUT2D eigenvalue weighted by Gasteiger charge is 2.54. The van der Waals surface area contributed by atoms with Gasteiger partial charge in [0.1, 0.15) is 5.82 Å². The Kier molecular flexibility index (Phi) is 7.33. The van der Waals surface area contributed by atoms with Crippen molar-refractivity contribution >= 4 is 17.5 Å². The van der Waals surface area contributed by atoms with Crippen LogP contribution in [0.5, 0.6) is 5.88 Å². The van der Waals surface area contributed by atoms with Gasteiger partial charge >= 0.3 is 6.18 Å². The number of likely N-dealkylation sites (tertiary alicyclic amines) is 1. The van der Waals surface area contributed by atoms with Gasteiger partial charge in [-0.2, -0.15) is 13.2 Å². The van der Waals surface area contributed by atoms with E-state index in [1.807, 2.05) is 0 Å². The molecule has 0 unspecified atom stereocenters.